The van der Waals surface area contributed by atoms with Crippen molar-refractivity contribution in [2.24, 2.45) is 0 Å². The number of aliphatic hydroxyl groups is 2. The number of hydrogen-bond acceptors (Lipinski definition) is 7. The van der Waals surface area contributed by atoms with Crippen molar-refractivity contribution >= 4 is 29.5 Å². The number of thioether (sulfide) groups is 1. The van der Waals surface area contributed by atoms with Crippen LogP contribution in [0.2, 0.25) is 0 Å². The van der Waals surface area contributed by atoms with Crippen molar-refractivity contribution in [1.29, 1.82) is 0 Å². The molecule has 0 aliphatic carbocycles. The molecule has 3 atom stereocenters. The van der Waals surface area contributed by atoms with Gasteiger partial charge in [-0.1, -0.05) is 66.7 Å². The fourth-order valence-corrected chi connectivity index (χ4v) is 6.35. The highest BCUT2D eigenvalue weighted by atomic mass is 32.2. The monoisotopic (exact) mass is 605 g/mol. The quantitative estimate of drug-likeness (QED) is 0.250. The average Bonchev–Trinajstić information content (AvgIpc) is 3.50. The van der Waals surface area contributed by atoms with Crippen LogP contribution >= 0.6 is 11.8 Å². The molecule has 228 valence electrons. The van der Waals surface area contributed by atoms with Gasteiger partial charge in [0, 0.05) is 12.3 Å². The van der Waals surface area contributed by atoms with Gasteiger partial charge in [-0.3, -0.25) is 14.4 Å². The zero-order chi connectivity index (χ0) is 30.9. The molecule has 10 heteroatoms. The maximum atomic E-state index is 13.6. The van der Waals surface area contributed by atoms with Crippen molar-refractivity contribution in [3.63, 3.8) is 0 Å². The van der Waals surface area contributed by atoms with Gasteiger partial charge in [0.25, 0.3) is 11.8 Å². The predicted octanol–water partition coefficient (Wildman–Crippen LogP) is 2.79. The Morgan fingerprint density at radius 3 is 2.33 bits per heavy atom. The van der Waals surface area contributed by atoms with Gasteiger partial charge in [-0.25, -0.2) is 0 Å². The molecule has 43 heavy (non-hydrogen) atoms. The lowest BCUT2D eigenvalue weighted by molar-refractivity contribution is -0.146. The number of carbonyl (C=O) groups excluding carboxylic acids is 3. The number of nitrogens with one attached hydrogen (secondary N) is 2. The van der Waals surface area contributed by atoms with Gasteiger partial charge in [-0.05, 0) is 60.6 Å². The Balaban J connectivity index is 1.44. The van der Waals surface area contributed by atoms with Gasteiger partial charge in [0.15, 0.2) is 12.7 Å². The predicted molar refractivity (Wildman–Crippen MR) is 166 cm³/mol. The highest BCUT2D eigenvalue weighted by molar-refractivity contribution is 7.99. The van der Waals surface area contributed by atoms with Crippen molar-refractivity contribution < 1.29 is 29.3 Å². The molecule has 0 aromatic heterocycles. The van der Waals surface area contributed by atoms with Gasteiger partial charge < -0.3 is 30.5 Å². The van der Waals surface area contributed by atoms with Crippen LogP contribution in [0.4, 0.5) is 0 Å². The molecule has 3 aromatic rings. The number of nitrogens with zero attached hydrogens (tertiary/aromatic N) is 1. The van der Waals surface area contributed by atoms with Crippen LogP contribution in [0.3, 0.4) is 0 Å². The summed E-state index contributed by atoms with van der Waals surface area (Å²) in [6, 6.07) is 18.9. The number of aliphatic hydroxyl groups excluding tert-OH is 2. The molecule has 1 fully saturated rings. The van der Waals surface area contributed by atoms with E-state index < -0.39 is 30.0 Å². The van der Waals surface area contributed by atoms with E-state index in [4.69, 9.17) is 4.74 Å². The third kappa shape index (κ3) is 8.37. The Bertz CT molecular complexity index is 1410. The summed E-state index contributed by atoms with van der Waals surface area (Å²) in [5.41, 5.74) is 5.19. The fraction of sp³-hybridized carbons (Fsp3) is 0.364. The largest absolute Gasteiger partial charge is 0.483 e. The lowest BCUT2D eigenvalue weighted by atomic mass is 9.99. The van der Waals surface area contributed by atoms with E-state index >= 15 is 0 Å². The first kappa shape index (κ1) is 32.1. The zero-order valence-electron chi connectivity index (χ0n) is 24.7. The summed E-state index contributed by atoms with van der Waals surface area (Å²) in [5, 5.41) is 26.5. The summed E-state index contributed by atoms with van der Waals surface area (Å²) in [6.45, 7) is 5.56. The van der Waals surface area contributed by atoms with Crippen molar-refractivity contribution in [2.45, 2.75) is 58.5 Å². The Morgan fingerprint density at radius 2 is 1.65 bits per heavy atom. The summed E-state index contributed by atoms with van der Waals surface area (Å²) in [6.07, 6.45) is -1.38. The van der Waals surface area contributed by atoms with E-state index in [2.05, 4.69) is 10.6 Å². The number of ether oxygens (including phenoxy) is 1. The molecule has 1 aliphatic heterocycles. The lowest BCUT2D eigenvalue weighted by Gasteiger charge is -2.30. The van der Waals surface area contributed by atoms with Gasteiger partial charge in [0.1, 0.15) is 11.8 Å². The topological polar surface area (TPSA) is 128 Å². The molecule has 4 rings (SSSR count). The Labute approximate surface area is 256 Å². The minimum atomic E-state index is -1.58. The van der Waals surface area contributed by atoms with Crippen LogP contribution < -0.4 is 15.4 Å². The van der Waals surface area contributed by atoms with Crippen LogP contribution in [0.25, 0.3) is 0 Å². The third-order valence-corrected chi connectivity index (χ3v) is 8.52. The average molecular weight is 606 g/mol. The van der Waals surface area contributed by atoms with E-state index in [1.807, 2.05) is 75.4 Å². The number of amides is 3. The molecule has 3 aromatic carbocycles. The van der Waals surface area contributed by atoms with Crippen molar-refractivity contribution in [2.75, 3.05) is 18.2 Å². The smallest absolute Gasteiger partial charge is 0.258 e. The third-order valence-electron chi connectivity index (χ3n) is 7.51. The van der Waals surface area contributed by atoms with Crippen LogP contribution in [0.5, 0.6) is 5.75 Å². The number of rotatable bonds is 12. The van der Waals surface area contributed by atoms with E-state index in [-0.39, 0.29) is 31.4 Å². The molecule has 0 unspecified atom stereocenters. The molecule has 3 amide bonds. The van der Waals surface area contributed by atoms with Crippen LogP contribution in [0, 0.1) is 20.8 Å². The first-order valence-corrected chi connectivity index (χ1v) is 15.4. The number of hydrogen-bond donors (Lipinski definition) is 4. The molecule has 1 heterocycles. The number of carbonyl (C=O) groups is 3. The molecule has 1 saturated heterocycles. The van der Waals surface area contributed by atoms with Crippen LogP contribution in [0.15, 0.2) is 66.7 Å². The lowest BCUT2D eigenvalue weighted by Crippen LogP contribution is -2.56. The van der Waals surface area contributed by atoms with Gasteiger partial charge in [-0.2, -0.15) is 0 Å². The van der Waals surface area contributed by atoms with Crippen molar-refractivity contribution in [1.82, 2.24) is 15.5 Å². The molecule has 0 radical (unpaired) electrons. The molecular formula is C33H39N3O6S. The fourth-order valence-electron chi connectivity index (χ4n) is 5.18. The SMILES string of the molecule is Cc1ccccc1CNC(=O)[C@@H]1CSCN1C(=O)[C@@H](O)[C@H](Cc1ccccc1)NC(=O)COc1c(C)cc(CO)cc1C. The van der Waals surface area contributed by atoms with Crippen LogP contribution in [-0.4, -0.2) is 69.3 Å². The second-order valence-electron chi connectivity index (χ2n) is 10.8. The zero-order valence-corrected chi connectivity index (χ0v) is 25.5. The summed E-state index contributed by atoms with van der Waals surface area (Å²) >= 11 is 1.44. The first-order chi connectivity index (χ1) is 20.7. The highest BCUT2D eigenvalue weighted by Crippen LogP contribution is 2.25. The summed E-state index contributed by atoms with van der Waals surface area (Å²) in [4.78, 5) is 41.2. The summed E-state index contributed by atoms with van der Waals surface area (Å²) in [7, 11) is 0. The number of benzene rings is 3. The minimum absolute atomic E-state index is 0.0970. The van der Waals surface area contributed by atoms with E-state index in [0.29, 0.717) is 18.0 Å². The maximum absolute atomic E-state index is 13.6. The highest BCUT2D eigenvalue weighted by Gasteiger charge is 2.40. The second kappa shape index (κ2) is 15.0. The van der Waals surface area contributed by atoms with Gasteiger partial charge in [-0.15, -0.1) is 11.8 Å². The molecule has 0 saturated carbocycles. The molecule has 4 N–H and O–H groups in total. The van der Waals surface area contributed by atoms with Gasteiger partial charge in [0.05, 0.1) is 18.5 Å². The normalized spacial score (nSPS) is 15.9. The Morgan fingerprint density at radius 1 is 0.977 bits per heavy atom. The Hall–Kier alpha value is -3.86. The van der Waals surface area contributed by atoms with E-state index in [1.54, 1.807) is 12.1 Å². The maximum Gasteiger partial charge on any atom is 0.258 e. The van der Waals surface area contributed by atoms with Crippen molar-refractivity contribution in [3.8, 4) is 5.75 Å². The van der Waals surface area contributed by atoms with E-state index in [1.165, 1.54) is 16.7 Å². The van der Waals surface area contributed by atoms with E-state index in [9.17, 15) is 24.6 Å². The minimum Gasteiger partial charge on any atom is -0.483 e. The van der Waals surface area contributed by atoms with Crippen molar-refractivity contribution in [3.05, 3.63) is 100 Å². The molecular weight excluding hydrogens is 566 g/mol. The van der Waals surface area contributed by atoms with E-state index in [0.717, 1.165) is 33.4 Å². The van der Waals surface area contributed by atoms with Crippen LogP contribution in [-0.2, 0) is 34.0 Å². The molecule has 9 nitrogen and oxygen atoms in total. The summed E-state index contributed by atoms with van der Waals surface area (Å²) in [5.74, 6) is -0.192. The number of aryl methyl sites for hydroxylation is 3. The Kier molecular flexibility index (Phi) is 11.2. The molecule has 0 spiro atoms. The standard InChI is InChI=1S/C33H39N3O6S/c1-21-9-7-8-12-26(21)16-34-32(40)28-19-43-20-36(28)33(41)30(39)27(15-24-10-5-4-6-11-24)35-29(38)18-42-31-22(2)13-25(17-37)14-23(31)3/h4-14,27-28,30,37,39H,15-20H2,1-3H3,(H,34,40)(H,35,38)/t27-,28-,30-/m0/s1. The first-order valence-electron chi connectivity index (χ1n) is 14.2. The van der Waals surface area contributed by atoms with Gasteiger partial charge in [0.2, 0.25) is 5.91 Å². The molecule has 1 aliphatic rings. The second-order valence-corrected chi connectivity index (χ2v) is 11.8. The van der Waals surface area contributed by atoms with Crippen LogP contribution in [0.1, 0.15) is 33.4 Å². The van der Waals surface area contributed by atoms with Gasteiger partial charge >= 0.3 is 0 Å². The molecule has 0 bridgehead atoms. The summed E-state index contributed by atoms with van der Waals surface area (Å²) < 4.78 is 5.81.